The van der Waals surface area contributed by atoms with Crippen LogP contribution in [0.25, 0.3) is 0 Å². The quantitative estimate of drug-likeness (QED) is 0.0461. The minimum absolute atomic E-state index is 0.0135. The topological polar surface area (TPSA) is 160 Å². The summed E-state index contributed by atoms with van der Waals surface area (Å²) in [7, 11) is 0. The Hall–Kier alpha value is -5.47. The molecule has 12 nitrogen and oxygen atoms in total. The van der Waals surface area contributed by atoms with E-state index in [1.165, 1.54) is 34.9 Å². The lowest BCUT2D eigenvalue weighted by molar-refractivity contribution is -0.159. The Morgan fingerprint density at radius 1 is 0.942 bits per heavy atom. The number of nitrogens with one attached hydrogen (secondary N) is 2. The highest BCUT2D eigenvalue weighted by Crippen LogP contribution is 2.42. The van der Waals surface area contributed by atoms with Crippen LogP contribution in [0.1, 0.15) is 50.1 Å². The number of fused-ring (bicyclic) bond motifs is 1. The van der Waals surface area contributed by atoms with E-state index in [9.17, 15) is 24.4 Å². The Morgan fingerprint density at radius 3 is 2.00 bits per heavy atom. The number of carbonyl (C=O) groups is 4. The number of nitrogens with zero attached hydrogens (tertiary/aromatic N) is 3. The van der Waals surface area contributed by atoms with Gasteiger partial charge in [0.2, 0.25) is 0 Å². The predicted molar refractivity (Wildman–Crippen MR) is 198 cm³/mol. The third-order valence-electron chi connectivity index (χ3n) is 8.35. The lowest BCUT2D eigenvalue weighted by Gasteiger charge is -2.49. The van der Waals surface area contributed by atoms with Gasteiger partial charge in [0.05, 0.1) is 0 Å². The fourth-order valence-corrected chi connectivity index (χ4v) is 8.18. The van der Waals surface area contributed by atoms with Gasteiger partial charge in [0.15, 0.2) is 10.8 Å². The van der Waals surface area contributed by atoms with Crippen molar-refractivity contribution < 1.29 is 33.9 Å². The zero-order chi connectivity index (χ0) is 37.0. The normalized spacial score (nSPS) is 17.5. The molecule has 0 spiro atoms. The standard InChI is InChI=1S/C38H37N5O7S2/c1-23(44)49-20-24-21-51-34-30(33(46)43(34)31(24)35(47)50-37(2,3)4)40-32(45)29(42-48)28-22-52-36(39-28)41-38(25-14-8-5-9-15-25,26-16-10-6-11-17-26)27-18-12-7-13-19-27/h5-19,22,30,34,48H,20-21H2,1-4H3,(H,39,41)(H,40,45)/t30?,34-/m1/s1. The van der Waals surface area contributed by atoms with E-state index in [0.29, 0.717) is 10.7 Å². The molecule has 0 radical (unpaired) electrons. The van der Waals surface area contributed by atoms with Gasteiger partial charge in [0.1, 0.15) is 40.6 Å². The van der Waals surface area contributed by atoms with E-state index in [4.69, 9.17) is 9.47 Å². The van der Waals surface area contributed by atoms with Crippen molar-refractivity contribution in [3.63, 3.8) is 0 Å². The van der Waals surface area contributed by atoms with Gasteiger partial charge in [-0.1, -0.05) is 96.2 Å². The number of carbonyl (C=O) groups excluding carboxylic acids is 4. The molecule has 2 amide bonds. The van der Waals surface area contributed by atoms with E-state index in [1.54, 1.807) is 26.2 Å². The van der Waals surface area contributed by atoms with Gasteiger partial charge in [-0.2, -0.15) is 0 Å². The molecule has 14 heteroatoms. The molecule has 1 saturated heterocycles. The Kier molecular flexibility index (Phi) is 10.5. The number of rotatable bonds is 11. The summed E-state index contributed by atoms with van der Waals surface area (Å²) in [5, 5.41) is 21.0. The number of β-lactam (4-membered cyclic amide) rings is 1. The van der Waals surface area contributed by atoms with Crippen molar-refractivity contribution in [1.82, 2.24) is 15.2 Å². The Labute approximate surface area is 308 Å². The first-order valence-electron chi connectivity index (χ1n) is 16.4. The number of hydrogen-bond donors (Lipinski definition) is 3. The van der Waals surface area contributed by atoms with Crippen LogP contribution in [-0.4, -0.2) is 73.9 Å². The zero-order valence-electron chi connectivity index (χ0n) is 28.9. The Balaban J connectivity index is 1.25. The van der Waals surface area contributed by atoms with E-state index >= 15 is 0 Å². The number of aromatic nitrogens is 1. The summed E-state index contributed by atoms with van der Waals surface area (Å²) in [4.78, 5) is 57.9. The molecular formula is C38H37N5O7S2. The molecule has 2 aliphatic heterocycles. The molecule has 52 heavy (non-hydrogen) atoms. The van der Waals surface area contributed by atoms with Crippen LogP contribution in [0.5, 0.6) is 0 Å². The number of anilines is 1. The van der Waals surface area contributed by atoms with Crippen LogP contribution in [0.4, 0.5) is 5.13 Å². The highest BCUT2D eigenvalue weighted by atomic mass is 32.2. The van der Waals surface area contributed by atoms with Crippen LogP contribution in [0, 0.1) is 0 Å². The van der Waals surface area contributed by atoms with E-state index in [-0.39, 0.29) is 29.5 Å². The lowest BCUT2D eigenvalue weighted by atomic mass is 9.77. The van der Waals surface area contributed by atoms with Gasteiger partial charge in [0, 0.05) is 23.6 Å². The second-order valence-corrected chi connectivity index (χ2v) is 15.0. The number of amides is 2. The molecule has 0 aliphatic carbocycles. The van der Waals surface area contributed by atoms with Gasteiger partial charge < -0.3 is 25.3 Å². The van der Waals surface area contributed by atoms with E-state index in [1.807, 2.05) is 91.0 Å². The third kappa shape index (κ3) is 7.30. The van der Waals surface area contributed by atoms with Crippen molar-refractivity contribution in [2.45, 2.75) is 50.3 Å². The number of oxime groups is 1. The summed E-state index contributed by atoms with van der Waals surface area (Å²) in [6, 6.07) is 28.8. The maximum atomic E-state index is 13.6. The SMILES string of the molecule is CC(=O)OCC1=C(C(=O)OC(C)(C)C)N2C(=O)C(NC(=O)C(=NO)c3csc(NC(c4ccccc4)(c4ccccc4)c4ccccc4)n3)[C@H]2SC1. The lowest BCUT2D eigenvalue weighted by Crippen LogP contribution is -2.71. The van der Waals surface area contributed by atoms with Crippen LogP contribution in [-0.2, 0) is 34.2 Å². The Morgan fingerprint density at radius 2 is 1.50 bits per heavy atom. The monoisotopic (exact) mass is 739 g/mol. The van der Waals surface area contributed by atoms with Gasteiger partial charge in [-0.15, -0.1) is 23.1 Å². The van der Waals surface area contributed by atoms with Gasteiger partial charge in [-0.3, -0.25) is 19.3 Å². The van der Waals surface area contributed by atoms with Crippen LogP contribution < -0.4 is 10.6 Å². The van der Waals surface area contributed by atoms with Gasteiger partial charge in [-0.05, 0) is 37.5 Å². The third-order valence-corrected chi connectivity index (χ3v) is 10.4. The molecule has 3 N–H and O–H groups in total. The largest absolute Gasteiger partial charge is 0.461 e. The minimum atomic E-state index is -1.04. The van der Waals surface area contributed by atoms with Crippen molar-refractivity contribution in [1.29, 1.82) is 0 Å². The van der Waals surface area contributed by atoms with E-state index < -0.39 is 46.3 Å². The highest BCUT2D eigenvalue weighted by molar-refractivity contribution is 8.00. The summed E-state index contributed by atoms with van der Waals surface area (Å²) >= 11 is 2.52. The van der Waals surface area contributed by atoms with Gasteiger partial charge >= 0.3 is 11.9 Å². The fraction of sp³-hybridized carbons (Fsp3) is 0.263. The van der Waals surface area contributed by atoms with Crippen LogP contribution in [0.15, 0.2) is 113 Å². The van der Waals surface area contributed by atoms with E-state index in [2.05, 4.69) is 20.8 Å². The highest BCUT2D eigenvalue weighted by Gasteiger charge is 2.55. The summed E-state index contributed by atoms with van der Waals surface area (Å²) < 4.78 is 10.7. The molecule has 3 heterocycles. The summed E-state index contributed by atoms with van der Waals surface area (Å²) in [5.74, 6) is -2.42. The van der Waals surface area contributed by atoms with Gasteiger partial charge in [0.25, 0.3) is 11.8 Å². The van der Waals surface area contributed by atoms with Crippen LogP contribution in [0.2, 0.25) is 0 Å². The molecule has 1 fully saturated rings. The minimum Gasteiger partial charge on any atom is -0.461 e. The average molecular weight is 740 g/mol. The first-order chi connectivity index (χ1) is 24.9. The van der Waals surface area contributed by atoms with Crippen molar-refractivity contribution >= 4 is 57.7 Å². The second kappa shape index (κ2) is 15.0. The first-order valence-corrected chi connectivity index (χ1v) is 18.3. The van der Waals surface area contributed by atoms with Crippen LogP contribution in [0.3, 0.4) is 0 Å². The van der Waals surface area contributed by atoms with Crippen molar-refractivity contribution in [2.75, 3.05) is 17.7 Å². The molecule has 2 aliphatic rings. The smallest absolute Gasteiger partial charge is 0.355 e. The van der Waals surface area contributed by atoms with Crippen molar-refractivity contribution in [3.8, 4) is 0 Å². The molecule has 2 atom stereocenters. The number of ether oxygens (including phenoxy) is 2. The number of thioether (sulfide) groups is 1. The van der Waals surface area contributed by atoms with E-state index in [0.717, 1.165) is 16.7 Å². The maximum absolute atomic E-state index is 13.6. The van der Waals surface area contributed by atoms with Crippen LogP contribution >= 0.6 is 23.1 Å². The second-order valence-electron chi connectivity index (χ2n) is 13.1. The molecule has 0 bridgehead atoms. The molecule has 1 aromatic heterocycles. The van der Waals surface area contributed by atoms with Gasteiger partial charge in [-0.25, -0.2) is 9.78 Å². The molecule has 4 aromatic rings. The molecular weight excluding hydrogens is 703 g/mol. The first kappa shape index (κ1) is 36.3. The zero-order valence-corrected chi connectivity index (χ0v) is 30.5. The number of hydrogen-bond acceptors (Lipinski definition) is 12. The Bertz CT molecular complexity index is 1930. The average Bonchev–Trinajstić information content (AvgIpc) is 3.59. The molecule has 1 unspecified atom stereocenters. The summed E-state index contributed by atoms with van der Waals surface area (Å²) in [5.41, 5.74) is 1.22. The number of esters is 2. The predicted octanol–water partition coefficient (Wildman–Crippen LogP) is 5.28. The molecule has 6 rings (SSSR count). The maximum Gasteiger partial charge on any atom is 0.355 e. The van der Waals surface area contributed by atoms with Crippen molar-refractivity contribution in [2.24, 2.45) is 5.16 Å². The molecule has 268 valence electrons. The number of benzene rings is 3. The summed E-state index contributed by atoms with van der Waals surface area (Å²) in [6.07, 6.45) is 0. The van der Waals surface area contributed by atoms with Crippen molar-refractivity contribution in [3.05, 3.63) is 130 Å². The fourth-order valence-electron chi connectivity index (χ4n) is 6.10. The molecule has 0 saturated carbocycles. The summed E-state index contributed by atoms with van der Waals surface area (Å²) in [6.45, 7) is 6.17. The number of thiazole rings is 1. The molecule has 3 aromatic carbocycles.